The molecule has 6 nitrogen and oxygen atoms in total. The summed E-state index contributed by atoms with van der Waals surface area (Å²) >= 11 is 1.16. The summed E-state index contributed by atoms with van der Waals surface area (Å²) in [5, 5.41) is 4.39. The van der Waals surface area contributed by atoms with Crippen molar-refractivity contribution < 1.29 is 14.0 Å². The minimum atomic E-state index is -0.292. The van der Waals surface area contributed by atoms with Crippen molar-refractivity contribution in [1.82, 2.24) is 15.2 Å². The number of nitrogens with one attached hydrogen (secondary N) is 1. The predicted molar refractivity (Wildman–Crippen MR) is 90.0 cm³/mol. The molecule has 0 spiro atoms. The lowest BCUT2D eigenvalue weighted by molar-refractivity contribution is 0.0741. The lowest BCUT2D eigenvalue weighted by atomic mass is 10.2. The first-order valence-electron chi connectivity index (χ1n) is 7.56. The van der Waals surface area contributed by atoms with Gasteiger partial charge in [0.05, 0.1) is 0 Å². The number of amides is 2. The molecule has 2 amide bonds. The zero-order valence-electron chi connectivity index (χ0n) is 13.2. The maximum absolute atomic E-state index is 13.0. The fourth-order valence-corrected chi connectivity index (χ4v) is 3.30. The van der Waals surface area contributed by atoms with E-state index in [0.717, 1.165) is 17.0 Å². The van der Waals surface area contributed by atoms with E-state index in [9.17, 15) is 14.0 Å². The molecule has 0 radical (unpaired) electrons. The Labute approximate surface area is 142 Å². The van der Waals surface area contributed by atoms with Crippen LogP contribution in [0.3, 0.4) is 0 Å². The molecule has 0 atom stereocenters. The van der Waals surface area contributed by atoms with Crippen LogP contribution in [0.2, 0.25) is 0 Å². The molecule has 3 rings (SSSR count). The van der Waals surface area contributed by atoms with Crippen molar-refractivity contribution in [2.75, 3.05) is 38.1 Å². The number of benzene rings is 1. The fourth-order valence-electron chi connectivity index (χ4n) is 2.56. The van der Waals surface area contributed by atoms with E-state index in [1.54, 1.807) is 22.4 Å². The maximum Gasteiger partial charge on any atom is 0.280 e. The number of carbonyl (C=O) groups is 2. The third kappa shape index (κ3) is 3.38. The Morgan fingerprint density at radius 1 is 1.17 bits per heavy atom. The van der Waals surface area contributed by atoms with E-state index in [4.69, 9.17) is 0 Å². The summed E-state index contributed by atoms with van der Waals surface area (Å²) in [6.45, 7) is 2.46. The number of thiazole rings is 1. The first-order chi connectivity index (χ1) is 11.6. The summed E-state index contributed by atoms with van der Waals surface area (Å²) in [6.07, 6.45) is 0. The number of aromatic nitrogens is 1. The average Bonchev–Trinajstić information content (AvgIpc) is 3.11. The van der Waals surface area contributed by atoms with E-state index in [1.165, 1.54) is 19.2 Å². The molecule has 0 saturated carbocycles. The largest absolute Gasteiger partial charge is 0.368 e. The summed E-state index contributed by atoms with van der Waals surface area (Å²) in [4.78, 5) is 31.9. The van der Waals surface area contributed by atoms with Gasteiger partial charge in [0.2, 0.25) is 0 Å². The van der Waals surface area contributed by atoms with Crippen LogP contribution in [0.1, 0.15) is 20.3 Å². The SMILES string of the molecule is CNC(=O)c1nc(C(=O)N2CCN(c3ccc(F)cc3)CC2)cs1. The van der Waals surface area contributed by atoms with Gasteiger partial charge in [0.1, 0.15) is 11.5 Å². The van der Waals surface area contributed by atoms with E-state index in [2.05, 4.69) is 15.2 Å². The van der Waals surface area contributed by atoms with E-state index >= 15 is 0 Å². The topological polar surface area (TPSA) is 65.5 Å². The van der Waals surface area contributed by atoms with Gasteiger partial charge in [0.15, 0.2) is 5.01 Å². The Hall–Kier alpha value is -2.48. The van der Waals surface area contributed by atoms with Crippen LogP contribution < -0.4 is 10.2 Å². The number of nitrogens with zero attached hydrogens (tertiary/aromatic N) is 3. The van der Waals surface area contributed by atoms with E-state index in [-0.39, 0.29) is 22.6 Å². The molecule has 0 aliphatic carbocycles. The van der Waals surface area contributed by atoms with Crippen molar-refractivity contribution in [3.05, 3.63) is 46.2 Å². The Morgan fingerprint density at radius 3 is 2.46 bits per heavy atom. The van der Waals surface area contributed by atoms with Gasteiger partial charge in [-0.3, -0.25) is 9.59 Å². The lowest BCUT2D eigenvalue weighted by Crippen LogP contribution is -2.48. The first-order valence-corrected chi connectivity index (χ1v) is 8.44. The van der Waals surface area contributed by atoms with Gasteiger partial charge in [-0.1, -0.05) is 0 Å². The van der Waals surface area contributed by atoms with E-state index in [1.807, 2.05) is 0 Å². The van der Waals surface area contributed by atoms with Crippen LogP contribution in [0.15, 0.2) is 29.6 Å². The van der Waals surface area contributed by atoms with Crippen molar-refractivity contribution in [3.8, 4) is 0 Å². The molecule has 1 fully saturated rings. The number of halogens is 1. The molecule has 2 aromatic rings. The minimum absolute atomic E-state index is 0.167. The second kappa shape index (κ2) is 6.96. The predicted octanol–water partition coefficient (Wildman–Crippen LogP) is 1.60. The van der Waals surface area contributed by atoms with Crippen LogP contribution in [0.5, 0.6) is 0 Å². The second-order valence-corrected chi connectivity index (χ2v) is 6.23. The highest BCUT2D eigenvalue weighted by Gasteiger charge is 2.24. The number of hydrogen-bond acceptors (Lipinski definition) is 5. The number of carbonyl (C=O) groups excluding carboxylic acids is 2. The Balaban J connectivity index is 1.61. The van der Waals surface area contributed by atoms with Crippen molar-refractivity contribution in [2.45, 2.75) is 0 Å². The summed E-state index contributed by atoms with van der Waals surface area (Å²) in [5.41, 5.74) is 1.24. The van der Waals surface area contributed by atoms with Crippen molar-refractivity contribution in [3.63, 3.8) is 0 Å². The highest BCUT2D eigenvalue weighted by atomic mass is 32.1. The standard InChI is InChI=1S/C16H17FN4O2S/c1-18-14(22)15-19-13(10-24-15)16(23)21-8-6-20(7-9-21)12-4-2-11(17)3-5-12/h2-5,10H,6-9H2,1H3,(H,18,22). The molecular formula is C16H17FN4O2S. The van der Waals surface area contributed by atoms with Crippen LogP contribution in [0.25, 0.3) is 0 Å². The van der Waals surface area contributed by atoms with Crippen LogP contribution in [0.4, 0.5) is 10.1 Å². The molecule has 1 aliphatic heterocycles. The third-order valence-electron chi connectivity index (χ3n) is 3.90. The van der Waals surface area contributed by atoms with Gasteiger partial charge >= 0.3 is 0 Å². The minimum Gasteiger partial charge on any atom is -0.368 e. The summed E-state index contributed by atoms with van der Waals surface area (Å²) < 4.78 is 13.0. The zero-order chi connectivity index (χ0) is 17.1. The third-order valence-corrected chi connectivity index (χ3v) is 4.74. The number of piperazine rings is 1. The molecule has 1 N–H and O–H groups in total. The second-order valence-electron chi connectivity index (χ2n) is 5.37. The van der Waals surface area contributed by atoms with Gasteiger partial charge in [0, 0.05) is 44.3 Å². The molecule has 1 aliphatic rings. The van der Waals surface area contributed by atoms with Crippen LogP contribution in [-0.4, -0.2) is 54.9 Å². The molecule has 126 valence electrons. The Morgan fingerprint density at radius 2 is 1.83 bits per heavy atom. The Kier molecular flexibility index (Phi) is 4.75. The van der Waals surface area contributed by atoms with Gasteiger partial charge in [-0.15, -0.1) is 11.3 Å². The van der Waals surface area contributed by atoms with Crippen molar-refractivity contribution in [2.24, 2.45) is 0 Å². The normalized spacial score (nSPS) is 14.6. The summed E-state index contributed by atoms with van der Waals surface area (Å²) in [6, 6.07) is 6.34. The quantitative estimate of drug-likeness (QED) is 0.915. The molecule has 8 heteroatoms. The highest BCUT2D eigenvalue weighted by molar-refractivity contribution is 7.11. The number of anilines is 1. The Bertz CT molecular complexity index is 739. The smallest absolute Gasteiger partial charge is 0.280 e. The van der Waals surface area contributed by atoms with Gasteiger partial charge in [0.25, 0.3) is 11.8 Å². The van der Waals surface area contributed by atoms with E-state index < -0.39 is 0 Å². The molecule has 1 aromatic carbocycles. The molecular weight excluding hydrogens is 331 g/mol. The lowest BCUT2D eigenvalue weighted by Gasteiger charge is -2.35. The van der Waals surface area contributed by atoms with Crippen molar-refractivity contribution in [1.29, 1.82) is 0 Å². The van der Waals surface area contributed by atoms with Gasteiger partial charge < -0.3 is 15.1 Å². The molecule has 0 bridgehead atoms. The highest BCUT2D eigenvalue weighted by Crippen LogP contribution is 2.18. The summed E-state index contributed by atoms with van der Waals surface area (Å²) in [7, 11) is 1.53. The van der Waals surface area contributed by atoms with Gasteiger partial charge in [-0.25, -0.2) is 9.37 Å². The maximum atomic E-state index is 13.0. The fraction of sp³-hybridized carbons (Fsp3) is 0.312. The zero-order valence-corrected chi connectivity index (χ0v) is 14.0. The van der Waals surface area contributed by atoms with Gasteiger partial charge in [-0.05, 0) is 24.3 Å². The number of rotatable bonds is 3. The molecule has 1 aromatic heterocycles. The average molecular weight is 348 g/mol. The number of hydrogen-bond donors (Lipinski definition) is 1. The molecule has 24 heavy (non-hydrogen) atoms. The van der Waals surface area contributed by atoms with Crippen LogP contribution in [-0.2, 0) is 0 Å². The first kappa shape index (κ1) is 16.4. The molecule has 0 unspecified atom stereocenters. The monoisotopic (exact) mass is 348 g/mol. The van der Waals surface area contributed by atoms with Crippen molar-refractivity contribution >= 4 is 28.8 Å². The van der Waals surface area contributed by atoms with Crippen LogP contribution in [0, 0.1) is 5.82 Å². The van der Waals surface area contributed by atoms with Crippen LogP contribution >= 0.6 is 11.3 Å². The van der Waals surface area contributed by atoms with Gasteiger partial charge in [-0.2, -0.15) is 0 Å². The summed E-state index contributed by atoms with van der Waals surface area (Å²) in [5.74, 6) is -0.719. The van der Waals surface area contributed by atoms with E-state index in [0.29, 0.717) is 31.9 Å². The molecule has 2 heterocycles. The molecule has 1 saturated heterocycles.